The predicted octanol–water partition coefficient (Wildman–Crippen LogP) is 5.93. The number of hydrogen-bond acceptors (Lipinski definition) is 3. The molecule has 0 aliphatic heterocycles. The number of halogens is 1. The molecule has 0 bridgehead atoms. The molecule has 1 aliphatic rings. The molecule has 3 rings (SSSR count). The van der Waals surface area contributed by atoms with Crippen LogP contribution < -0.4 is 5.32 Å². The minimum atomic E-state index is -1.49. The van der Waals surface area contributed by atoms with Gasteiger partial charge in [-0.25, -0.2) is 8.51 Å². The monoisotopic (exact) mass is 542 g/mol. The van der Waals surface area contributed by atoms with Gasteiger partial charge in [0, 0.05) is 30.2 Å². The van der Waals surface area contributed by atoms with E-state index in [1.165, 1.54) is 5.56 Å². The van der Waals surface area contributed by atoms with Crippen molar-refractivity contribution in [3.63, 3.8) is 0 Å². The molecule has 2 N–H and O–H groups in total. The topological polar surface area (TPSA) is 69.6 Å². The number of hydrogen-bond donors (Lipinski definition) is 2. The van der Waals surface area contributed by atoms with E-state index in [-0.39, 0.29) is 11.8 Å². The molecule has 2 aromatic carbocycles. The second-order valence-corrected chi connectivity index (χ2v) is 12.1. The van der Waals surface area contributed by atoms with Gasteiger partial charge in [0.25, 0.3) is 5.91 Å². The second kappa shape index (κ2) is 14.1. The molecule has 7 heteroatoms. The molecule has 1 amide bonds. The van der Waals surface area contributed by atoms with Gasteiger partial charge in [-0.3, -0.25) is 4.79 Å². The Hall–Kier alpha value is -2.25. The quantitative estimate of drug-likeness (QED) is 0.326. The van der Waals surface area contributed by atoms with Crippen LogP contribution in [-0.4, -0.2) is 44.0 Å². The molecular formula is C30H39ClN2O3S. The Bertz CT molecular complexity index is 1100. The molecule has 2 aromatic rings. The average molecular weight is 543 g/mol. The normalized spacial score (nSPS) is 21.2. The van der Waals surface area contributed by atoms with Gasteiger partial charge in [-0.15, -0.1) is 0 Å². The summed E-state index contributed by atoms with van der Waals surface area (Å²) in [5, 5.41) is 13.7. The summed E-state index contributed by atoms with van der Waals surface area (Å²) in [5.74, 6) is 0.375. The highest BCUT2D eigenvalue weighted by Crippen LogP contribution is 2.31. The van der Waals surface area contributed by atoms with Gasteiger partial charge in [0.15, 0.2) is 0 Å². The van der Waals surface area contributed by atoms with Crippen LogP contribution in [0.3, 0.4) is 0 Å². The van der Waals surface area contributed by atoms with Crippen LogP contribution in [0.15, 0.2) is 77.9 Å². The van der Waals surface area contributed by atoms with Crippen molar-refractivity contribution < 1.29 is 14.1 Å². The molecule has 0 saturated heterocycles. The maximum Gasteiger partial charge on any atom is 0.251 e. The van der Waals surface area contributed by atoms with E-state index in [0.29, 0.717) is 42.6 Å². The first-order valence-electron chi connectivity index (χ1n) is 13.0. The molecular weight excluding hydrogens is 504 g/mol. The van der Waals surface area contributed by atoms with Crippen molar-refractivity contribution in [1.82, 2.24) is 9.62 Å². The summed E-state index contributed by atoms with van der Waals surface area (Å²) in [4.78, 5) is 12.7. The fourth-order valence-electron chi connectivity index (χ4n) is 4.65. The summed E-state index contributed by atoms with van der Waals surface area (Å²) in [6, 6.07) is 17.8. The second-order valence-electron chi connectivity index (χ2n) is 10.0. The van der Waals surface area contributed by atoms with Crippen LogP contribution in [-0.2, 0) is 17.5 Å². The maximum atomic E-state index is 13.4. The van der Waals surface area contributed by atoms with Gasteiger partial charge < -0.3 is 10.4 Å². The van der Waals surface area contributed by atoms with Gasteiger partial charge >= 0.3 is 0 Å². The third kappa shape index (κ3) is 8.37. The van der Waals surface area contributed by atoms with E-state index in [1.54, 1.807) is 22.5 Å². The minimum absolute atomic E-state index is 0.0596. The number of benzene rings is 2. The number of carbonyl (C=O) groups is 1. The highest BCUT2D eigenvalue weighted by atomic mass is 35.5. The lowest BCUT2D eigenvalue weighted by Gasteiger charge is -2.32. The first-order valence-corrected chi connectivity index (χ1v) is 14.5. The van der Waals surface area contributed by atoms with E-state index in [9.17, 15) is 14.1 Å². The van der Waals surface area contributed by atoms with Crippen LogP contribution >= 0.6 is 11.6 Å². The third-order valence-corrected chi connectivity index (χ3v) is 9.00. The SMILES string of the molecule is C=C(C)CN(Cc1ccc(C(=O)NCCC(CC)c2ccccc2)cc1)S(=O)C1C=C(Cl)[C@H](C)CC1O. The Morgan fingerprint density at radius 3 is 2.51 bits per heavy atom. The number of nitrogens with one attached hydrogen (secondary N) is 1. The van der Waals surface area contributed by atoms with Crippen LogP contribution in [0.4, 0.5) is 0 Å². The number of allylic oxidation sites excluding steroid dienone is 1. The van der Waals surface area contributed by atoms with E-state index in [1.807, 2.05) is 32.0 Å². The van der Waals surface area contributed by atoms with Crippen molar-refractivity contribution in [2.75, 3.05) is 13.1 Å². The zero-order valence-electron chi connectivity index (χ0n) is 22.0. The van der Waals surface area contributed by atoms with Crippen LogP contribution in [0, 0.1) is 5.92 Å². The smallest absolute Gasteiger partial charge is 0.251 e. The van der Waals surface area contributed by atoms with E-state index in [2.05, 4.69) is 43.1 Å². The van der Waals surface area contributed by atoms with Gasteiger partial charge in [0.1, 0.15) is 11.0 Å². The lowest BCUT2D eigenvalue weighted by molar-refractivity contribution is 0.0952. The minimum Gasteiger partial charge on any atom is -0.391 e. The molecule has 0 aromatic heterocycles. The first kappa shape index (κ1) is 29.3. The van der Waals surface area contributed by atoms with Gasteiger partial charge in [-0.05, 0) is 61.3 Å². The zero-order valence-corrected chi connectivity index (χ0v) is 23.6. The Labute approximate surface area is 229 Å². The summed E-state index contributed by atoms with van der Waals surface area (Å²) in [5.41, 5.74) is 3.69. The predicted molar refractivity (Wildman–Crippen MR) is 154 cm³/mol. The number of carbonyl (C=O) groups excluding carboxylic acids is 1. The molecule has 5 nitrogen and oxygen atoms in total. The molecule has 4 unspecified atom stereocenters. The van der Waals surface area contributed by atoms with Crippen molar-refractivity contribution in [2.24, 2.45) is 5.92 Å². The van der Waals surface area contributed by atoms with Crippen LogP contribution in [0.1, 0.15) is 67.4 Å². The Balaban J connectivity index is 1.60. The molecule has 0 heterocycles. The summed E-state index contributed by atoms with van der Waals surface area (Å²) in [7, 11) is -1.49. The number of aliphatic hydroxyl groups is 1. The highest BCUT2D eigenvalue weighted by Gasteiger charge is 2.34. The molecule has 0 spiro atoms. The average Bonchev–Trinajstić information content (AvgIpc) is 2.88. The van der Waals surface area contributed by atoms with Gasteiger partial charge in [0.05, 0.1) is 11.4 Å². The summed E-state index contributed by atoms with van der Waals surface area (Å²) >= 11 is 6.32. The molecule has 0 radical (unpaired) electrons. The Morgan fingerprint density at radius 1 is 1.22 bits per heavy atom. The number of aliphatic hydroxyl groups excluding tert-OH is 1. The van der Waals surface area contributed by atoms with Crippen molar-refractivity contribution in [3.05, 3.63) is 94.5 Å². The Kier molecular flexibility index (Phi) is 11.1. The highest BCUT2D eigenvalue weighted by molar-refractivity contribution is 7.83. The fourth-order valence-corrected chi connectivity index (χ4v) is 6.56. The lowest BCUT2D eigenvalue weighted by Crippen LogP contribution is -2.42. The van der Waals surface area contributed by atoms with E-state index in [4.69, 9.17) is 11.6 Å². The summed E-state index contributed by atoms with van der Waals surface area (Å²) in [6.07, 6.45) is 3.41. The number of amides is 1. The maximum absolute atomic E-state index is 13.4. The summed E-state index contributed by atoms with van der Waals surface area (Å²) < 4.78 is 15.2. The van der Waals surface area contributed by atoms with Gasteiger partial charge in [-0.1, -0.05) is 86.1 Å². The molecule has 0 saturated carbocycles. The fraction of sp³-hybridized carbons (Fsp3) is 0.433. The molecule has 0 fully saturated rings. The number of nitrogens with zero attached hydrogens (tertiary/aromatic N) is 1. The largest absolute Gasteiger partial charge is 0.391 e. The van der Waals surface area contributed by atoms with Crippen LogP contribution in [0.25, 0.3) is 0 Å². The molecule has 5 atom stereocenters. The van der Waals surface area contributed by atoms with Gasteiger partial charge in [-0.2, -0.15) is 0 Å². The van der Waals surface area contributed by atoms with E-state index in [0.717, 1.165) is 24.0 Å². The van der Waals surface area contributed by atoms with E-state index < -0.39 is 22.3 Å². The Morgan fingerprint density at radius 2 is 1.89 bits per heavy atom. The zero-order chi connectivity index (χ0) is 26.9. The van der Waals surface area contributed by atoms with Crippen molar-refractivity contribution in [2.45, 2.75) is 63.9 Å². The third-order valence-electron chi connectivity index (χ3n) is 6.82. The molecule has 1 aliphatic carbocycles. The molecule has 37 heavy (non-hydrogen) atoms. The van der Waals surface area contributed by atoms with Gasteiger partial charge in [0.2, 0.25) is 0 Å². The van der Waals surface area contributed by atoms with Crippen molar-refractivity contribution in [3.8, 4) is 0 Å². The van der Waals surface area contributed by atoms with Crippen molar-refractivity contribution in [1.29, 1.82) is 0 Å². The van der Waals surface area contributed by atoms with Crippen LogP contribution in [0.5, 0.6) is 0 Å². The van der Waals surface area contributed by atoms with E-state index >= 15 is 0 Å². The van der Waals surface area contributed by atoms with Crippen LogP contribution in [0.2, 0.25) is 0 Å². The van der Waals surface area contributed by atoms with Crippen molar-refractivity contribution >= 4 is 28.5 Å². The standard InChI is InChI=1S/C30H39ClN2O3S/c1-5-24(25-9-7-6-8-10-25)15-16-32-30(35)26-13-11-23(12-14-26)20-33(19-21(2)3)37(36)29-18-27(31)22(4)17-28(29)34/h6-14,18,22,24,28-29,34H,2,5,15-17,19-20H2,1,3-4H3,(H,32,35)/t22-,24?,28?,29?,37?/m1/s1. The lowest BCUT2D eigenvalue weighted by atomic mass is 9.93. The summed E-state index contributed by atoms with van der Waals surface area (Å²) in [6.45, 7) is 11.4. The molecule has 200 valence electrons. The number of rotatable bonds is 12. The first-order chi connectivity index (χ1) is 17.7.